The zero-order valence-electron chi connectivity index (χ0n) is 18.0. The summed E-state index contributed by atoms with van der Waals surface area (Å²) < 4.78 is 8.88. The molecule has 0 radical (unpaired) electrons. The molecular weight excluding hydrogens is 426 g/mol. The third kappa shape index (κ3) is 4.92. The average molecular weight is 452 g/mol. The number of carbonyl (C=O) groups excluding carboxylic acids is 1. The van der Waals surface area contributed by atoms with E-state index in [-0.39, 0.29) is 5.91 Å². The van der Waals surface area contributed by atoms with Crippen LogP contribution >= 0.6 is 11.8 Å². The van der Waals surface area contributed by atoms with Crippen LogP contribution in [0.25, 0.3) is 16.7 Å². The smallest absolute Gasteiger partial charge is 0.251 e. The van der Waals surface area contributed by atoms with Crippen LogP contribution in [0.5, 0.6) is 0 Å². The number of thioether (sulfide) groups is 1. The Balaban J connectivity index is 1.40. The molecule has 10 heteroatoms. The van der Waals surface area contributed by atoms with E-state index in [1.165, 1.54) is 11.8 Å². The van der Waals surface area contributed by atoms with Gasteiger partial charge in [-0.2, -0.15) is 5.10 Å². The summed E-state index contributed by atoms with van der Waals surface area (Å²) in [5, 5.41) is 12.2. The van der Waals surface area contributed by atoms with Crippen LogP contribution in [0.4, 0.5) is 5.82 Å². The number of nitrogens with zero attached hydrogens (tertiary/aromatic N) is 5. The van der Waals surface area contributed by atoms with Gasteiger partial charge >= 0.3 is 0 Å². The molecule has 166 valence electrons. The molecule has 0 saturated carbocycles. The van der Waals surface area contributed by atoms with Crippen LogP contribution in [0.15, 0.2) is 60.1 Å². The van der Waals surface area contributed by atoms with Gasteiger partial charge in [0.25, 0.3) is 5.91 Å². The summed E-state index contributed by atoms with van der Waals surface area (Å²) in [6.45, 7) is 2.15. The second-order valence-corrected chi connectivity index (χ2v) is 7.75. The molecule has 1 amide bonds. The average Bonchev–Trinajstić information content (AvgIpc) is 3.50. The van der Waals surface area contributed by atoms with Gasteiger partial charge in [0.1, 0.15) is 5.82 Å². The lowest BCUT2D eigenvalue weighted by Crippen LogP contribution is -2.27. The third-order valence-corrected chi connectivity index (χ3v) is 5.45. The fraction of sp³-hybridized carbons (Fsp3) is 0.273. The Bertz CT molecular complexity index is 1170. The number of benzene rings is 1. The van der Waals surface area contributed by atoms with Crippen molar-refractivity contribution in [2.75, 3.05) is 38.4 Å². The minimum absolute atomic E-state index is 0.123. The van der Waals surface area contributed by atoms with Crippen LogP contribution in [0, 0.1) is 0 Å². The Morgan fingerprint density at radius 1 is 1.12 bits per heavy atom. The van der Waals surface area contributed by atoms with E-state index in [0.29, 0.717) is 37.0 Å². The van der Waals surface area contributed by atoms with E-state index in [9.17, 15) is 4.79 Å². The first-order valence-corrected chi connectivity index (χ1v) is 11.4. The van der Waals surface area contributed by atoms with E-state index < -0.39 is 0 Å². The highest BCUT2D eigenvalue weighted by Gasteiger charge is 2.13. The standard InChI is InChI=1S/C22H25N7O2S/c1-31-14-10-23-19-18-15-25-29(20(18)27-22(26-19)32-2)13-9-24-21(30)16-5-7-17(8-6-16)28-11-3-4-12-28/h3-8,11-12,15H,9-10,13-14H2,1-2H3,(H,24,30)(H,23,26,27). The summed E-state index contributed by atoms with van der Waals surface area (Å²) in [5.74, 6) is 0.608. The van der Waals surface area contributed by atoms with E-state index in [2.05, 4.69) is 25.7 Å². The van der Waals surface area contributed by atoms with Crippen molar-refractivity contribution in [2.45, 2.75) is 11.7 Å². The molecular formula is C22H25N7O2S. The molecule has 1 aromatic carbocycles. The first-order valence-electron chi connectivity index (χ1n) is 10.2. The molecule has 4 aromatic rings. The van der Waals surface area contributed by atoms with Crippen molar-refractivity contribution in [3.05, 3.63) is 60.6 Å². The van der Waals surface area contributed by atoms with Crippen LogP contribution in [-0.2, 0) is 11.3 Å². The van der Waals surface area contributed by atoms with Crippen molar-refractivity contribution >= 4 is 34.5 Å². The van der Waals surface area contributed by atoms with Gasteiger partial charge in [-0.15, -0.1) is 0 Å². The molecule has 4 rings (SSSR count). The molecule has 32 heavy (non-hydrogen) atoms. The molecule has 0 aliphatic heterocycles. The molecule has 0 saturated heterocycles. The highest BCUT2D eigenvalue weighted by Crippen LogP contribution is 2.23. The van der Waals surface area contributed by atoms with E-state index in [1.54, 1.807) is 18.0 Å². The number of amides is 1. The number of anilines is 1. The van der Waals surface area contributed by atoms with Gasteiger partial charge in [0, 0.05) is 43.8 Å². The number of carbonyl (C=O) groups is 1. The van der Waals surface area contributed by atoms with Crippen molar-refractivity contribution in [2.24, 2.45) is 0 Å². The van der Waals surface area contributed by atoms with Gasteiger partial charge in [-0.25, -0.2) is 14.6 Å². The number of nitrogens with one attached hydrogen (secondary N) is 2. The van der Waals surface area contributed by atoms with Gasteiger partial charge < -0.3 is 19.9 Å². The van der Waals surface area contributed by atoms with E-state index in [0.717, 1.165) is 22.5 Å². The van der Waals surface area contributed by atoms with Crippen LogP contribution in [-0.4, -0.2) is 63.3 Å². The number of hydrogen-bond donors (Lipinski definition) is 2. The van der Waals surface area contributed by atoms with E-state index in [1.807, 2.05) is 59.6 Å². The van der Waals surface area contributed by atoms with Gasteiger partial charge in [0.05, 0.1) is 24.7 Å². The fourth-order valence-corrected chi connectivity index (χ4v) is 3.63. The zero-order valence-corrected chi connectivity index (χ0v) is 18.8. The maximum absolute atomic E-state index is 12.5. The van der Waals surface area contributed by atoms with Gasteiger partial charge in [0.15, 0.2) is 10.8 Å². The molecule has 0 aliphatic rings. The summed E-state index contributed by atoms with van der Waals surface area (Å²) in [6.07, 6.45) is 7.61. The van der Waals surface area contributed by atoms with Crippen molar-refractivity contribution in [1.29, 1.82) is 0 Å². The Kier molecular flexibility index (Phi) is 7.03. The molecule has 0 fully saturated rings. The fourth-order valence-electron chi connectivity index (χ4n) is 3.27. The lowest BCUT2D eigenvalue weighted by molar-refractivity contribution is 0.0952. The second kappa shape index (κ2) is 10.3. The number of methoxy groups -OCH3 is 1. The molecule has 0 bridgehead atoms. The number of ether oxygens (including phenoxy) is 1. The summed E-state index contributed by atoms with van der Waals surface area (Å²) in [5.41, 5.74) is 2.35. The summed E-state index contributed by atoms with van der Waals surface area (Å²) >= 11 is 1.47. The lowest BCUT2D eigenvalue weighted by Gasteiger charge is -2.09. The summed E-state index contributed by atoms with van der Waals surface area (Å²) in [6, 6.07) is 11.4. The van der Waals surface area contributed by atoms with Gasteiger partial charge in [-0.05, 0) is 42.7 Å². The number of fused-ring (bicyclic) bond motifs is 1. The first kappa shape index (κ1) is 21.8. The minimum atomic E-state index is -0.123. The molecule has 0 aliphatic carbocycles. The normalized spacial score (nSPS) is 11.1. The van der Waals surface area contributed by atoms with Crippen molar-refractivity contribution in [1.82, 2.24) is 29.6 Å². The number of rotatable bonds is 10. The molecule has 9 nitrogen and oxygen atoms in total. The molecule has 0 atom stereocenters. The maximum atomic E-state index is 12.5. The van der Waals surface area contributed by atoms with Gasteiger partial charge in [0.2, 0.25) is 0 Å². The third-order valence-electron chi connectivity index (χ3n) is 4.90. The highest BCUT2D eigenvalue weighted by atomic mass is 32.2. The van der Waals surface area contributed by atoms with Gasteiger partial charge in [-0.3, -0.25) is 4.79 Å². The molecule has 0 spiro atoms. The molecule has 0 unspecified atom stereocenters. The Morgan fingerprint density at radius 2 is 1.91 bits per heavy atom. The van der Waals surface area contributed by atoms with Crippen molar-refractivity contribution < 1.29 is 9.53 Å². The monoisotopic (exact) mass is 451 g/mol. The van der Waals surface area contributed by atoms with E-state index in [4.69, 9.17) is 4.74 Å². The topological polar surface area (TPSA) is 98.9 Å². The zero-order chi connectivity index (χ0) is 22.3. The summed E-state index contributed by atoms with van der Waals surface area (Å²) in [4.78, 5) is 21.7. The lowest BCUT2D eigenvalue weighted by atomic mass is 10.2. The van der Waals surface area contributed by atoms with Crippen molar-refractivity contribution in [3.63, 3.8) is 0 Å². The van der Waals surface area contributed by atoms with Gasteiger partial charge in [-0.1, -0.05) is 11.8 Å². The minimum Gasteiger partial charge on any atom is -0.383 e. The van der Waals surface area contributed by atoms with Crippen LogP contribution in [0.1, 0.15) is 10.4 Å². The summed E-state index contributed by atoms with van der Waals surface area (Å²) in [7, 11) is 1.66. The van der Waals surface area contributed by atoms with Crippen LogP contribution in [0.2, 0.25) is 0 Å². The van der Waals surface area contributed by atoms with Crippen LogP contribution in [0.3, 0.4) is 0 Å². The number of aromatic nitrogens is 5. The Morgan fingerprint density at radius 3 is 2.62 bits per heavy atom. The van der Waals surface area contributed by atoms with E-state index >= 15 is 0 Å². The predicted octanol–water partition coefficient (Wildman–Crippen LogP) is 2.83. The Labute approximate surface area is 190 Å². The quantitative estimate of drug-likeness (QED) is 0.217. The van der Waals surface area contributed by atoms with Crippen molar-refractivity contribution in [3.8, 4) is 5.69 Å². The maximum Gasteiger partial charge on any atom is 0.251 e. The first-order chi connectivity index (χ1) is 15.7. The highest BCUT2D eigenvalue weighted by molar-refractivity contribution is 7.98. The second-order valence-electron chi connectivity index (χ2n) is 6.98. The Hall–Kier alpha value is -3.37. The predicted molar refractivity (Wildman–Crippen MR) is 126 cm³/mol. The molecule has 3 heterocycles. The largest absolute Gasteiger partial charge is 0.383 e. The number of hydrogen-bond acceptors (Lipinski definition) is 7. The molecule has 2 N–H and O–H groups in total. The van der Waals surface area contributed by atoms with Crippen LogP contribution < -0.4 is 10.6 Å². The SMILES string of the molecule is COCCNc1nc(SC)nc2c1cnn2CCNC(=O)c1ccc(-n2cccc2)cc1. The molecule has 3 aromatic heterocycles.